The number of nitro groups is 1. The van der Waals surface area contributed by atoms with Crippen molar-refractivity contribution in [1.29, 1.82) is 0 Å². The second kappa shape index (κ2) is 19.0. The lowest BCUT2D eigenvalue weighted by atomic mass is 9.72. The number of halogens is 2. The molecule has 3 aliphatic rings. The Bertz CT molecular complexity index is 2260. The highest BCUT2D eigenvalue weighted by atomic mass is 35.5. The van der Waals surface area contributed by atoms with Gasteiger partial charge in [0.2, 0.25) is 0 Å². The fraction of sp³-hybridized carbons (Fsp3) is 0.400. The Morgan fingerprint density at radius 3 is 2.38 bits per heavy atom. The third kappa shape index (κ3) is 10.5. The molecule has 7 rings (SSSR count). The van der Waals surface area contributed by atoms with Crippen molar-refractivity contribution in [2.45, 2.75) is 50.8 Å². The number of para-hydroxylation sites is 1. The number of anilines is 2. The van der Waals surface area contributed by atoms with Gasteiger partial charge in [0, 0.05) is 80.7 Å². The summed E-state index contributed by atoms with van der Waals surface area (Å²) in [5, 5.41) is 26.4. The summed E-state index contributed by atoms with van der Waals surface area (Å²) in [4.78, 5) is 30.2. The van der Waals surface area contributed by atoms with Crippen LogP contribution in [0, 0.1) is 20.9 Å². The van der Waals surface area contributed by atoms with Gasteiger partial charge in [-0.2, -0.15) is 0 Å². The molecule has 1 amide bonds. The van der Waals surface area contributed by atoms with Crippen LogP contribution >= 0.6 is 23.2 Å². The van der Waals surface area contributed by atoms with Crippen molar-refractivity contribution in [3.05, 3.63) is 122 Å². The average molecular weight is 877 g/mol. The lowest BCUT2D eigenvalue weighted by Crippen LogP contribution is -2.47. The van der Waals surface area contributed by atoms with Crippen molar-refractivity contribution in [2.24, 2.45) is 10.8 Å². The van der Waals surface area contributed by atoms with Crippen LogP contribution in [0.5, 0.6) is 11.5 Å². The van der Waals surface area contributed by atoms with E-state index in [1.165, 1.54) is 34.9 Å². The quantitative estimate of drug-likeness (QED) is 0.0828. The Morgan fingerprint density at radius 1 is 0.950 bits per heavy atom. The summed E-state index contributed by atoms with van der Waals surface area (Å²) in [6.07, 6.45) is 4.46. The molecule has 4 aromatic rings. The predicted molar refractivity (Wildman–Crippen MR) is 238 cm³/mol. The van der Waals surface area contributed by atoms with Crippen LogP contribution in [0.1, 0.15) is 61.9 Å². The molecule has 15 heteroatoms. The Kier molecular flexibility index (Phi) is 13.8. The van der Waals surface area contributed by atoms with Crippen molar-refractivity contribution in [3.8, 4) is 11.5 Å². The molecule has 60 heavy (non-hydrogen) atoms. The van der Waals surface area contributed by atoms with E-state index < -0.39 is 27.2 Å². The van der Waals surface area contributed by atoms with Crippen molar-refractivity contribution >= 4 is 62.7 Å². The van der Waals surface area contributed by atoms with Gasteiger partial charge in [-0.3, -0.25) is 24.5 Å². The molecule has 2 fully saturated rings. The molecular weight excluding hydrogens is 825 g/mol. The molecule has 4 aromatic carbocycles. The number of aliphatic hydroxyl groups is 1. The molecule has 318 valence electrons. The van der Waals surface area contributed by atoms with E-state index in [0.29, 0.717) is 43.4 Å². The van der Waals surface area contributed by atoms with E-state index in [4.69, 9.17) is 32.7 Å². The topological polar surface area (TPSA) is 147 Å². The first kappa shape index (κ1) is 43.6. The molecule has 0 saturated carbocycles. The van der Waals surface area contributed by atoms with Crippen LogP contribution in [-0.2, 0) is 15.7 Å². The fourth-order valence-corrected chi connectivity index (χ4v) is 9.23. The van der Waals surface area contributed by atoms with Gasteiger partial charge in [-0.15, -0.1) is 0 Å². The molecule has 2 saturated heterocycles. The maximum absolute atomic E-state index is 13.8. The molecule has 1 unspecified atom stereocenters. The maximum atomic E-state index is 13.8. The standard InChI is InChI=1S/C45H51Cl2N5O7S/c1-44(2)16-15-32(37(27-44)31-7-9-33(46)10-8-31)28-50-19-21-51(22-20-50)34-11-13-36(42(25-34)59-41-6-4-3-5-38(41)47)43(54)49-60(57)35-12-14-39(40(26-35)52(55)56)48-29-45(30-53)17-23-58-24-18-45/h3-14,25-26,48,53H,15-24,27-30H2,1-2H3,(H,49,54). The van der Waals surface area contributed by atoms with Crippen LogP contribution < -0.4 is 19.7 Å². The van der Waals surface area contributed by atoms with Gasteiger partial charge in [-0.05, 0) is 97.2 Å². The Labute approximate surface area is 363 Å². The number of carbonyl (C=O) groups excluding carboxylic acids is 1. The number of nitro benzene ring substituents is 1. The monoisotopic (exact) mass is 875 g/mol. The summed E-state index contributed by atoms with van der Waals surface area (Å²) in [5.74, 6) is -0.128. The van der Waals surface area contributed by atoms with E-state index in [-0.39, 0.29) is 39.6 Å². The smallest absolute Gasteiger partial charge is 0.293 e. The molecule has 1 atom stereocenters. The number of hydrogen-bond donors (Lipinski definition) is 3. The number of aliphatic hydroxyl groups excluding tert-OH is 1. The molecule has 0 aromatic heterocycles. The zero-order valence-corrected chi connectivity index (χ0v) is 36.2. The van der Waals surface area contributed by atoms with E-state index in [9.17, 15) is 24.2 Å². The van der Waals surface area contributed by atoms with Gasteiger partial charge in [0.1, 0.15) is 17.2 Å². The molecule has 0 radical (unpaired) electrons. The minimum absolute atomic E-state index is 0.0413. The summed E-state index contributed by atoms with van der Waals surface area (Å²) in [6.45, 7) is 10.0. The summed E-state index contributed by atoms with van der Waals surface area (Å²) >= 11 is 12.7. The molecule has 3 N–H and O–H groups in total. The number of hydrogen-bond acceptors (Lipinski definition) is 10. The van der Waals surface area contributed by atoms with Gasteiger partial charge in [-0.25, -0.2) is 4.21 Å². The van der Waals surface area contributed by atoms with E-state index >= 15 is 0 Å². The Balaban J connectivity index is 1.06. The summed E-state index contributed by atoms with van der Waals surface area (Å²) < 4.78 is 27.8. The van der Waals surface area contributed by atoms with Crippen LogP contribution in [-0.4, -0.2) is 84.1 Å². The van der Waals surface area contributed by atoms with Gasteiger partial charge < -0.3 is 24.8 Å². The van der Waals surface area contributed by atoms with E-state index in [2.05, 4.69) is 45.8 Å². The largest absolute Gasteiger partial charge is 0.455 e. The number of nitrogens with zero attached hydrogens (tertiary/aromatic N) is 3. The SMILES string of the molecule is CC1(C)CCC(CN2CCN(c3ccc(C(=O)NS(=O)c4ccc(NCC5(CO)CCOCC5)c([N+](=O)[O-])c4)c(Oc4ccccc4Cl)c3)CC2)=C(c2ccc(Cl)cc2)C1. The van der Waals surface area contributed by atoms with Crippen LogP contribution in [0.3, 0.4) is 0 Å². The average Bonchev–Trinajstić information content (AvgIpc) is 3.25. The predicted octanol–water partition coefficient (Wildman–Crippen LogP) is 9.13. The lowest BCUT2D eigenvalue weighted by molar-refractivity contribution is -0.384. The fourth-order valence-electron chi connectivity index (χ4n) is 8.13. The van der Waals surface area contributed by atoms with Crippen LogP contribution in [0.2, 0.25) is 10.0 Å². The first-order chi connectivity index (χ1) is 28.8. The van der Waals surface area contributed by atoms with E-state index in [1.807, 2.05) is 18.2 Å². The molecule has 0 spiro atoms. The summed E-state index contributed by atoms with van der Waals surface area (Å²) in [5.41, 5.74) is 4.81. The minimum Gasteiger partial charge on any atom is -0.455 e. The van der Waals surface area contributed by atoms with Crippen LogP contribution in [0.15, 0.2) is 95.4 Å². The normalized spacial score (nSPS) is 18.4. The Morgan fingerprint density at radius 2 is 1.68 bits per heavy atom. The highest BCUT2D eigenvalue weighted by Gasteiger charge is 2.33. The zero-order chi connectivity index (χ0) is 42.4. The first-order valence-corrected chi connectivity index (χ1v) is 22.2. The van der Waals surface area contributed by atoms with Crippen molar-refractivity contribution < 1.29 is 28.5 Å². The van der Waals surface area contributed by atoms with E-state index in [1.54, 1.807) is 36.4 Å². The molecule has 2 aliphatic heterocycles. The van der Waals surface area contributed by atoms with Crippen molar-refractivity contribution in [2.75, 3.05) is 69.3 Å². The highest BCUT2D eigenvalue weighted by molar-refractivity contribution is 7.83. The number of benzene rings is 4. The number of carbonyl (C=O) groups is 1. The molecule has 0 bridgehead atoms. The number of rotatable bonds is 14. The van der Waals surface area contributed by atoms with Gasteiger partial charge in [0.05, 0.1) is 27.0 Å². The van der Waals surface area contributed by atoms with Crippen molar-refractivity contribution in [1.82, 2.24) is 9.62 Å². The van der Waals surface area contributed by atoms with E-state index in [0.717, 1.165) is 62.7 Å². The van der Waals surface area contributed by atoms with Gasteiger partial charge in [-0.1, -0.05) is 66.9 Å². The second-order valence-corrected chi connectivity index (χ2v) is 18.7. The molecule has 12 nitrogen and oxygen atoms in total. The van der Waals surface area contributed by atoms with Gasteiger partial charge >= 0.3 is 0 Å². The minimum atomic E-state index is -2.16. The highest BCUT2D eigenvalue weighted by Crippen LogP contribution is 2.44. The number of ether oxygens (including phenoxy) is 2. The summed E-state index contributed by atoms with van der Waals surface area (Å²) in [6, 6.07) is 24.5. The number of nitrogens with one attached hydrogen (secondary N) is 2. The van der Waals surface area contributed by atoms with Gasteiger partial charge in [0.15, 0.2) is 11.0 Å². The lowest BCUT2D eigenvalue weighted by Gasteiger charge is -2.39. The van der Waals surface area contributed by atoms with Crippen LogP contribution in [0.4, 0.5) is 17.1 Å². The van der Waals surface area contributed by atoms with Gasteiger partial charge in [0.25, 0.3) is 11.6 Å². The zero-order valence-electron chi connectivity index (χ0n) is 33.9. The third-order valence-corrected chi connectivity index (χ3v) is 13.5. The third-order valence-electron chi connectivity index (χ3n) is 11.9. The second-order valence-electron chi connectivity index (χ2n) is 16.7. The first-order valence-electron chi connectivity index (χ1n) is 20.3. The molecular formula is C45H51Cl2N5O7S. The number of allylic oxidation sites excluding steroid dienone is 1. The molecule has 1 aliphatic carbocycles. The number of amides is 1. The van der Waals surface area contributed by atoms with Crippen LogP contribution in [0.25, 0.3) is 5.57 Å². The summed E-state index contributed by atoms with van der Waals surface area (Å²) in [7, 11) is -2.16. The Hall–Kier alpha value is -4.50. The molecule has 2 heterocycles. The van der Waals surface area contributed by atoms with Crippen molar-refractivity contribution in [3.63, 3.8) is 0 Å². The number of piperazine rings is 1. The maximum Gasteiger partial charge on any atom is 0.293 e.